The number of ether oxygens (including phenoxy) is 1. The van der Waals surface area contributed by atoms with E-state index in [0.29, 0.717) is 32.0 Å². The zero-order chi connectivity index (χ0) is 13.8. The van der Waals surface area contributed by atoms with Crippen LogP contribution in [0.25, 0.3) is 0 Å². The third-order valence-corrected chi connectivity index (χ3v) is 2.90. The molecule has 0 aliphatic heterocycles. The van der Waals surface area contributed by atoms with E-state index in [1.54, 1.807) is 0 Å². The van der Waals surface area contributed by atoms with Gasteiger partial charge in [0, 0.05) is 26.3 Å². The third kappa shape index (κ3) is 8.44. The molecule has 0 spiro atoms. The molecule has 108 valence electrons. The van der Waals surface area contributed by atoms with E-state index in [4.69, 9.17) is 15.6 Å². The van der Waals surface area contributed by atoms with E-state index in [0.717, 1.165) is 19.3 Å². The van der Waals surface area contributed by atoms with Crippen molar-refractivity contribution in [2.24, 2.45) is 11.7 Å². The molecule has 0 radical (unpaired) electrons. The minimum Gasteiger partial charge on any atom is -0.396 e. The quantitative estimate of drug-likeness (QED) is 0.509. The molecule has 5 heteroatoms. The average Bonchev–Trinajstić information content (AvgIpc) is 2.36. The van der Waals surface area contributed by atoms with Gasteiger partial charge in [-0.05, 0) is 25.7 Å². The Hall–Kier alpha value is -0.650. The van der Waals surface area contributed by atoms with Crippen LogP contribution in [0.1, 0.15) is 39.5 Å². The number of hydrogen-bond acceptors (Lipinski definition) is 4. The number of nitrogens with one attached hydrogen (secondary N) is 1. The first-order chi connectivity index (χ1) is 8.67. The molecule has 18 heavy (non-hydrogen) atoms. The van der Waals surface area contributed by atoms with Crippen molar-refractivity contribution in [2.45, 2.75) is 45.6 Å². The molecule has 0 aliphatic rings. The number of aliphatic hydroxyl groups is 1. The van der Waals surface area contributed by atoms with Crippen LogP contribution in [0.5, 0.6) is 0 Å². The molecule has 2 atom stereocenters. The standard InChI is InChI=1S/C13H28N2O3/c1-3-5-11(6-7-16)10-15-13(17)8-12(9-14)18-4-2/h11-12,16H,3-10,14H2,1-2H3,(H,15,17). The lowest BCUT2D eigenvalue weighted by Gasteiger charge is -2.18. The van der Waals surface area contributed by atoms with Crippen molar-refractivity contribution < 1.29 is 14.6 Å². The highest BCUT2D eigenvalue weighted by atomic mass is 16.5. The van der Waals surface area contributed by atoms with E-state index in [2.05, 4.69) is 12.2 Å². The molecule has 0 heterocycles. The lowest BCUT2D eigenvalue weighted by molar-refractivity contribution is -0.124. The Morgan fingerprint density at radius 2 is 2.11 bits per heavy atom. The largest absolute Gasteiger partial charge is 0.396 e. The van der Waals surface area contributed by atoms with Gasteiger partial charge in [0.2, 0.25) is 5.91 Å². The fraction of sp³-hybridized carbons (Fsp3) is 0.923. The summed E-state index contributed by atoms with van der Waals surface area (Å²) >= 11 is 0. The zero-order valence-electron chi connectivity index (χ0n) is 11.7. The van der Waals surface area contributed by atoms with Gasteiger partial charge in [0.1, 0.15) is 0 Å². The van der Waals surface area contributed by atoms with Gasteiger partial charge in [0.15, 0.2) is 0 Å². The maximum absolute atomic E-state index is 11.7. The van der Waals surface area contributed by atoms with Crippen LogP contribution >= 0.6 is 0 Å². The Labute approximate surface area is 110 Å². The Bertz CT molecular complexity index is 206. The molecule has 0 bridgehead atoms. The van der Waals surface area contributed by atoms with Gasteiger partial charge < -0.3 is 20.9 Å². The maximum Gasteiger partial charge on any atom is 0.222 e. The van der Waals surface area contributed by atoms with Crippen LogP contribution in [0.4, 0.5) is 0 Å². The van der Waals surface area contributed by atoms with Gasteiger partial charge >= 0.3 is 0 Å². The molecule has 0 saturated heterocycles. The molecule has 0 rings (SSSR count). The number of nitrogens with two attached hydrogens (primary N) is 1. The molecule has 5 nitrogen and oxygen atoms in total. The maximum atomic E-state index is 11.7. The highest BCUT2D eigenvalue weighted by molar-refractivity contribution is 5.76. The molecule has 4 N–H and O–H groups in total. The first-order valence-corrected chi connectivity index (χ1v) is 6.87. The van der Waals surface area contributed by atoms with Gasteiger partial charge in [0.25, 0.3) is 0 Å². The lowest BCUT2D eigenvalue weighted by atomic mass is 10.0. The van der Waals surface area contributed by atoms with E-state index < -0.39 is 0 Å². The second-order valence-corrected chi connectivity index (χ2v) is 4.49. The van der Waals surface area contributed by atoms with Crippen LogP contribution in [0.15, 0.2) is 0 Å². The lowest BCUT2D eigenvalue weighted by Crippen LogP contribution is -2.35. The summed E-state index contributed by atoms with van der Waals surface area (Å²) in [5.41, 5.74) is 5.52. The minimum absolute atomic E-state index is 0.0297. The van der Waals surface area contributed by atoms with Crippen molar-refractivity contribution in [3.63, 3.8) is 0 Å². The van der Waals surface area contributed by atoms with Gasteiger partial charge in [0.05, 0.1) is 12.5 Å². The van der Waals surface area contributed by atoms with E-state index in [9.17, 15) is 4.79 Å². The Morgan fingerprint density at radius 1 is 1.39 bits per heavy atom. The molecule has 0 aromatic carbocycles. The Balaban J connectivity index is 3.91. The van der Waals surface area contributed by atoms with Gasteiger partial charge in [-0.1, -0.05) is 13.3 Å². The molecule has 0 aromatic rings. The van der Waals surface area contributed by atoms with Crippen molar-refractivity contribution in [2.75, 3.05) is 26.3 Å². The molecular formula is C13H28N2O3. The summed E-state index contributed by atoms with van der Waals surface area (Å²) in [6, 6.07) is 0. The molecule has 0 aromatic heterocycles. The third-order valence-electron chi connectivity index (χ3n) is 2.90. The number of carbonyl (C=O) groups is 1. The minimum atomic E-state index is -0.197. The van der Waals surface area contributed by atoms with Crippen molar-refractivity contribution in [3.05, 3.63) is 0 Å². The summed E-state index contributed by atoms with van der Waals surface area (Å²) < 4.78 is 5.34. The Morgan fingerprint density at radius 3 is 2.61 bits per heavy atom. The van der Waals surface area contributed by atoms with Gasteiger partial charge in [-0.15, -0.1) is 0 Å². The van der Waals surface area contributed by atoms with Crippen LogP contribution < -0.4 is 11.1 Å². The van der Waals surface area contributed by atoms with Crippen LogP contribution in [0, 0.1) is 5.92 Å². The van der Waals surface area contributed by atoms with E-state index >= 15 is 0 Å². The van der Waals surface area contributed by atoms with Gasteiger partial charge in [-0.2, -0.15) is 0 Å². The second kappa shape index (κ2) is 11.4. The summed E-state index contributed by atoms with van der Waals surface area (Å²) in [4.78, 5) is 11.7. The zero-order valence-corrected chi connectivity index (χ0v) is 11.7. The Kier molecular flexibility index (Phi) is 11.0. The van der Waals surface area contributed by atoms with Crippen molar-refractivity contribution in [1.29, 1.82) is 0 Å². The predicted octanol–water partition coefficient (Wildman–Crippen LogP) is 0.655. The fourth-order valence-corrected chi connectivity index (χ4v) is 1.92. The summed E-state index contributed by atoms with van der Waals surface area (Å²) in [6.45, 7) is 5.71. The van der Waals surface area contributed by atoms with E-state index in [1.807, 2.05) is 6.92 Å². The molecule has 1 amide bonds. The SMILES string of the molecule is CCCC(CCO)CNC(=O)CC(CN)OCC. The summed E-state index contributed by atoms with van der Waals surface area (Å²) in [7, 11) is 0. The number of carbonyl (C=O) groups excluding carboxylic acids is 1. The normalized spacial score (nSPS) is 14.2. The van der Waals surface area contributed by atoms with Gasteiger partial charge in [-0.3, -0.25) is 4.79 Å². The van der Waals surface area contributed by atoms with Crippen molar-refractivity contribution in [1.82, 2.24) is 5.32 Å². The molecule has 0 aliphatic carbocycles. The first kappa shape index (κ1) is 17.4. The van der Waals surface area contributed by atoms with Crippen LogP contribution in [0.2, 0.25) is 0 Å². The highest BCUT2D eigenvalue weighted by Crippen LogP contribution is 2.09. The van der Waals surface area contributed by atoms with Crippen LogP contribution in [-0.4, -0.2) is 43.4 Å². The van der Waals surface area contributed by atoms with Crippen molar-refractivity contribution >= 4 is 5.91 Å². The van der Waals surface area contributed by atoms with E-state index in [1.165, 1.54) is 0 Å². The van der Waals surface area contributed by atoms with Crippen LogP contribution in [0.3, 0.4) is 0 Å². The predicted molar refractivity (Wildman–Crippen MR) is 72.2 cm³/mol. The second-order valence-electron chi connectivity index (χ2n) is 4.49. The molecule has 2 unspecified atom stereocenters. The highest BCUT2D eigenvalue weighted by Gasteiger charge is 2.14. The van der Waals surface area contributed by atoms with Gasteiger partial charge in [-0.25, -0.2) is 0 Å². The first-order valence-electron chi connectivity index (χ1n) is 6.87. The topological polar surface area (TPSA) is 84.6 Å². The number of hydrogen-bond donors (Lipinski definition) is 3. The average molecular weight is 260 g/mol. The number of amides is 1. The number of rotatable bonds is 11. The summed E-state index contributed by atoms with van der Waals surface area (Å²) in [5, 5.41) is 11.8. The summed E-state index contributed by atoms with van der Waals surface area (Å²) in [6.07, 6.45) is 2.93. The smallest absolute Gasteiger partial charge is 0.222 e. The van der Waals surface area contributed by atoms with Crippen LogP contribution in [-0.2, 0) is 9.53 Å². The molecule has 0 saturated carbocycles. The van der Waals surface area contributed by atoms with E-state index in [-0.39, 0.29) is 18.6 Å². The monoisotopic (exact) mass is 260 g/mol. The summed E-state index contributed by atoms with van der Waals surface area (Å²) in [5.74, 6) is 0.324. The fourth-order valence-electron chi connectivity index (χ4n) is 1.92. The molecular weight excluding hydrogens is 232 g/mol. The molecule has 0 fully saturated rings. The number of aliphatic hydroxyl groups excluding tert-OH is 1. The van der Waals surface area contributed by atoms with Crippen molar-refractivity contribution in [3.8, 4) is 0 Å².